The Balaban J connectivity index is 2.37. The minimum Gasteiger partial charge on any atom is -0.392 e. The average molecular weight is 320 g/mol. The highest BCUT2D eigenvalue weighted by Gasteiger charge is 2.40. The van der Waals surface area contributed by atoms with Crippen LogP contribution >= 0.6 is 0 Å². The number of halogens is 2. The second kappa shape index (κ2) is 5.96. The van der Waals surface area contributed by atoms with E-state index in [0.29, 0.717) is 19.0 Å². The van der Waals surface area contributed by atoms with Gasteiger partial charge >= 0.3 is 0 Å². The maximum Gasteiger partial charge on any atom is 0.243 e. The second-order valence-corrected chi connectivity index (χ2v) is 7.38. The van der Waals surface area contributed by atoms with Gasteiger partial charge in [-0.1, -0.05) is 0 Å². The van der Waals surface area contributed by atoms with Gasteiger partial charge in [0.2, 0.25) is 10.0 Å². The molecule has 2 atom stereocenters. The lowest BCUT2D eigenvalue weighted by Crippen LogP contribution is -2.41. The van der Waals surface area contributed by atoms with E-state index in [1.54, 1.807) is 19.0 Å². The molecule has 5 nitrogen and oxygen atoms in total. The first-order chi connectivity index (χ1) is 9.70. The first-order valence-corrected chi connectivity index (χ1v) is 7.95. The molecule has 8 heteroatoms. The van der Waals surface area contributed by atoms with E-state index >= 15 is 0 Å². The molecule has 0 bridgehead atoms. The summed E-state index contributed by atoms with van der Waals surface area (Å²) < 4.78 is 52.7. The standard InChI is InChI=1S/C13H18F2N2O3S/c1-16(2)7-11-6-12(18)8-17(11)21(19,20)13-4-9(14)3-10(15)5-13/h3-5,11-12,18H,6-8H2,1-2H3. The van der Waals surface area contributed by atoms with Gasteiger partial charge in [-0.2, -0.15) is 4.31 Å². The van der Waals surface area contributed by atoms with E-state index in [4.69, 9.17) is 0 Å². The number of likely N-dealkylation sites (N-methyl/N-ethyl adjacent to an activating group) is 1. The van der Waals surface area contributed by atoms with E-state index in [1.807, 2.05) is 0 Å². The van der Waals surface area contributed by atoms with Crippen LogP contribution < -0.4 is 0 Å². The van der Waals surface area contributed by atoms with Crippen LogP contribution in [-0.4, -0.2) is 62.1 Å². The van der Waals surface area contributed by atoms with Crippen molar-refractivity contribution in [1.82, 2.24) is 9.21 Å². The molecule has 2 unspecified atom stereocenters. The summed E-state index contributed by atoms with van der Waals surface area (Å²) in [6, 6.07) is 1.77. The van der Waals surface area contributed by atoms with Crippen LogP contribution in [0, 0.1) is 11.6 Å². The molecule has 1 aromatic carbocycles. The number of aliphatic hydroxyl groups excluding tert-OH is 1. The molecule has 1 N–H and O–H groups in total. The molecule has 1 aromatic rings. The Bertz CT molecular complexity index is 602. The minimum absolute atomic E-state index is 0.0705. The topological polar surface area (TPSA) is 60.9 Å². The van der Waals surface area contributed by atoms with Gasteiger partial charge in [0, 0.05) is 25.2 Å². The molecule has 118 valence electrons. The number of rotatable bonds is 4. The van der Waals surface area contributed by atoms with Crippen LogP contribution in [0.2, 0.25) is 0 Å². The van der Waals surface area contributed by atoms with Crippen molar-refractivity contribution in [3.63, 3.8) is 0 Å². The highest BCUT2D eigenvalue weighted by Crippen LogP contribution is 2.27. The third kappa shape index (κ3) is 3.57. The maximum absolute atomic E-state index is 13.2. The molecule has 0 amide bonds. The van der Waals surface area contributed by atoms with E-state index in [1.165, 1.54) is 0 Å². The van der Waals surface area contributed by atoms with E-state index in [2.05, 4.69) is 0 Å². The van der Waals surface area contributed by atoms with Gasteiger partial charge < -0.3 is 10.0 Å². The van der Waals surface area contributed by atoms with Crippen molar-refractivity contribution in [1.29, 1.82) is 0 Å². The highest BCUT2D eigenvalue weighted by atomic mass is 32.2. The molecule has 21 heavy (non-hydrogen) atoms. The molecule has 0 saturated carbocycles. The van der Waals surface area contributed by atoms with Gasteiger partial charge in [-0.25, -0.2) is 17.2 Å². The predicted molar refractivity (Wildman–Crippen MR) is 73.2 cm³/mol. The summed E-state index contributed by atoms with van der Waals surface area (Å²) >= 11 is 0. The Morgan fingerprint density at radius 3 is 2.38 bits per heavy atom. The Labute approximate surface area is 122 Å². The van der Waals surface area contributed by atoms with Gasteiger partial charge in [0.15, 0.2) is 0 Å². The summed E-state index contributed by atoms with van der Waals surface area (Å²) in [5, 5.41) is 9.73. The molecule has 1 aliphatic rings. The lowest BCUT2D eigenvalue weighted by atomic mass is 10.2. The van der Waals surface area contributed by atoms with E-state index in [-0.39, 0.29) is 6.54 Å². The van der Waals surface area contributed by atoms with Crippen LogP contribution in [0.1, 0.15) is 6.42 Å². The van der Waals surface area contributed by atoms with Crippen LogP contribution in [0.4, 0.5) is 8.78 Å². The predicted octanol–water partition coefficient (Wildman–Crippen LogP) is 0.650. The number of sulfonamides is 1. The van der Waals surface area contributed by atoms with Crippen LogP contribution in [0.25, 0.3) is 0 Å². The van der Waals surface area contributed by atoms with Crippen molar-refractivity contribution >= 4 is 10.0 Å². The highest BCUT2D eigenvalue weighted by molar-refractivity contribution is 7.89. The van der Waals surface area contributed by atoms with E-state index in [9.17, 15) is 22.3 Å². The number of aliphatic hydroxyl groups is 1. The molecule has 0 radical (unpaired) electrons. The molecule has 1 heterocycles. The van der Waals surface area contributed by atoms with Crippen LogP contribution in [-0.2, 0) is 10.0 Å². The third-order valence-corrected chi connectivity index (χ3v) is 5.26. The second-order valence-electron chi connectivity index (χ2n) is 5.49. The van der Waals surface area contributed by atoms with Crippen molar-refractivity contribution in [3.05, 3.63) is 29.8 Å². The van der Waals surface area contributed by atoms with Gasteiger partial charge in [-0.3, -0.25) is 0 Å². The number of hydrogen-bond donors (Lipinski definition) is 1. The zero-order chi connectivity index (χ0) is 15.8. The number of benzene rings is 1. The van der Waals surface area contributed by atoms with Crippen molar-refractivity contribution in [2.24, 2.45) is 0 Å². The fourth-order valence-corrected chi connectivity index (χ4v) is 4.26. The van der Waals surface area contributed by atoms with Crippen LogP contribution in [0.15, 0.2) is 23.1 Å². The third-order valence-electron chi connectivity index (χ3n) is 3.36. The smallest absolute Gasteiger partial charge is 0.243 e. The Kier molecular flexibility index (Phi) is 4.62. The molecule has 2 rings (SSSR count). The van der Waals surface area contributed by atoms with Crippen LogP contribution in [0.3, 0.4) is 0 Å². The quantitative estimate of drug-likeness (QED) is 0.885. The molecular weight excluding hydrogens is 302 g/mol. The van der Waals surface area contributed by atoms with Crippen molar-refractivity contribution in [3.8, 4) is 0 Å². The average Bonchev–Trinajstić information content (AvgIpc) is 2.68. The number of β-amino-alcohol motifs (C(OH)–C–C–N with tert-alkyl or cyclic N) is 1. The lowest BCUT2D eigenvalue weighted by molar-refractivity contribution is 0.188. The molecule has 1 saturated heterocycles. The van der Waals surface area contributed by atoms with Crippen LogP contribution in [0.5, 0.6) is 0 Å². The number of nitrogens with zero attached hydrogens (tertiary/aromatic N) is 2. The van der Waals surface area contributed by atoms with Gasteiger partial charge in [-0.05, 0) is 32.6 Å². The zero-order valence-corrected chi connectivity index (χ0v) is 12.6. The van der Waals surface area contributed by atoms with Crippen molar-refractivity contribution < 1.29 is 22.3 Å². The fourth-order valence-electron chi connectivity index (χ4n) is 2.56. The van der Waals surface area contributed by atoms with Gasteiger partial charge in [0.25, 0.3) is 0 Å². The van der Waals surface area contributed by atoms with Crippen molar-refractivity contribution in [2.75, 3.05) is 27.2 Å². The first kappa shape index (κ1) is 16.3. The Morgan fingerprint density at radius 1 is 1.29 bits per heavy atom. The summed E-state index contributed by atoms with van der Waals surface area (Å²) in [6.07, 6.45) is -0.474. The minimum atomic E-state index is -4.04. The van der Waals surface area contributed by atoms with Crippen molar-refractivity contribution in [2.45, 2.75) is 23.5 Å². The van der Waals surface area contributed by atoms with E-state index < -0.39 is 38.7 Å². The Hall–Kier alpha value is -1.09. The summed E-state index contributed by atoms with van der Waals surface area (Å²) in [6.45, 7) is 0.354. The summed E-state index contributed by atoms with van der Waals surface area (Å²) in [5.74, 6) is -1.89. The first-order valence-electron chi connectivity index (χ1n) is 6.51. The summed E-state index contributed by atoms with van der Waals surface area (Å²) in [7, 11) is -0.467. The van der Waals surface area contributed by atoms with Gasteiger partial charge in [0.05, 0.1) is 11.0 Å². The molecular formula is C13H18F2N2O3S. The monoisotopic (exact) mass is 320 g/mol. The van der Waals surface area contributed by atoms with Gasteiger partial charge in [-0.15, -0.1) is 0 Å². The largest absolute Gasteiger partial charge is 0.392 e. The fraction of sp³-hybridized carbons (Fsp3) is 0.538. The summed E-state index contributed by atoms with van der Waals surface area (Å²) in [4.78, 5) is 1.37. The zero-order valence-electron chi connectivity index (χ0n) is 11.8. The summed E-state index contributed by atoms with van der Waals surface area (Å²) in [5.41, 5.74) is 0. The molecule has 1 aliphatic heterocycles. The SMILES string of the molecule is CN(C)CC1CC(O)CN1S(=O)(=O)c1cc(F)cc(F)c1. The molecule has 0 aromatic heterocycles. The Morgan fingerprint density at radius 2 is 1.86 bits per heavy atom. The maximum atomic E-state index is 13.2. The molecule has 0 spiro atoms. The number of hydrogen-bond acceptors (Lipinski definition) is 4. The lowest BCUT2D eigenvalue weighted by Gasteiger charge is -2.26. The molecule has 0 aliphatic carbocycles. The van der Waals surface area contributed by atoms with E-state index in [0.717, 1.165) is 16.4 Å². The molecule has 1 fully saturated rings. The normalized spacial score (nSPS) is 23.9. The van der Waals surface area contributed by atoms with Gasteiger partial charge in [0.1, 0.15) is 11.6 Å².